The van der Waals surface area contributed by atoms with Crippen molar-refractivity contribution in [3.8, 4) is 0 Å². The molecule has 2 heterocycles. The minimum Gasteiger partial charge on any atom is -0.462 e. The summed E-state index contributed by atoms with van der Waals surface area (Å²) in [7, 11) is 0. The molecule has 1 atom stereocenters. The predicted octanol–water partition coefficient (Wildman–Crippen LogP) is 1.86. The zero-order chi connectivity index (χ0) is 15.2. The van der Waals surface area contributed by atoms with Crippen LogP contribution in [-0.2, 0) is 4.74 Å². The second kappa shape index (κ2) is 7.36. The quantitative estimate of drug-likeness (QED) is 0.807. The normalized spacial score (nSPS) is 16.7. The fraction of sp³-hybridized carbons (Fsp3) is 0.667. The number of nitrogens with one attached hydrogen (secondary N) is 1. The second-order valence-electron chi connectivity index (χ2n) is 5.47. The summed E-state index contributed by atoms with van der Waals surface area (Å²) in [5, 5.41) is 3.29. The van der Waals surface area contributed by atoms with Crippen molar-refractivity contribution in [2.45, 2.75) is 39.7 Å². The lowest BCUT2D eigenvalue weighted by Gasteiger charge is -2.21. The van der Waals surface area contributed by atoms with E-state index < -0.39 is 0 Å². The first-order chi connectivity index (χ1) is 10.1. The van der Waals surface area contributed by atoms with Crippen LogP contribution in [0.25, 0.3) is 0 Å². The van der Waals surface area contributed by atoms with Gasteiger partial charge in [-0.05, 0) is 46.7 Å². The zero-order valence-electron chi connectivity index (χ0n) is 13.1. The smallest absolute Gasteiger partial charge is 0.341 e. The molecule has 1 aliphatic rings. The fourth-order valence-corrected chi connectivity index (χ4v) is 2.56. The number of aromatic nitrogens is 2. The lowest BCUT2D eigenvalue weighted by molar-refractivity contribution is 0.0524. The van der Waals surface area contributed by atoms with Crippen molar-refractivity contribution >= 4 is 11.9 Å². The second-order valence-corrected chi connectivity index (χ2v) is 5.47. The molecule has 1 saturated heterocycles. The van der Waals surface area contributed by atoms with Crippen LogP contribution in [-0.4, -0.2) is 53.1 Å². The lowest BCUT2D eigenvalue weighted by Crippen LogP contribution is -2.33. The molecule has 1 aromatic heterocycles. The van der Waals surface area contributed by atoms with E-state index in [2.05, 4.69) is 27.1 Å². The highest BCUT2D eigenvalue weighted by Gasteiger charge is 2.16. The van der Waals surface area contributed by atoms with Gasteiger partial charge in [0, 0.05) is 18.8 Å². The van der Waals surface area contributed by atoms with Crippen LogP contribution in [0.2, 0.25) is 0 Å². The number of hydrogen-bond donors (Lipinski definition) is 1. The Morgan fingerprint density at radius 3 is 2.81 bits per heavy atom. The molecule has 1 aromatic rings. The van der Waals surface area contributed by atoms with Gasteiger partial charge in [-0.1, -0.05) is 0 Å². The summed E-state index contributed by atoms with van der Waals surface area (Å²) >= 11 is 0. The Morgan fingerprint density at radius 2 is 2.19 bits per heavy atom. The average Bonchev–Trinajstić information content (AvgIpc) is 2.91. The van der Waals surface area contributed by atoms with Crippen molar-refractivity contribution in [1.82, 2.24) is 14.9 Å². The van der Waals surface area contributed by atoms with Crippen LogP contribution < -0.4 is 5.32 Å². The number of esters is 1. The van der Waals surface area contributed by atoms with E-state index >= 15 is 0 Å². The van der Waals surface area contributed by atoms with Gasteiger partial charge in [-0.2, -0.15) is 0 Å². The maximum Gasteiger partial charge on any atom is 0.341 e. The van der Waals surface area contributed by atoms with E-state index in [1.54, 1.807) is 13.8 Å². The van der Waals surface area contributed by atoms with Gasteiger partial charge in [-0.25, -0.2) is 14.8 Å². The standard InChI is InChI=1S/C15H24N4O2/c1-4-21-14(20)13-9-16-15(18-12(13)3)17-11(2)10-19-7-5-6-8-19/h9,11H,4-8,10H2,1-3H3,(H,16,17,18). The van der Waals surface area contributed by atoms with E-state index in [0.29, 0.717) is 23.8 Å². The van der Waals surface area contributed by atoms with Crippen molar-refractivity contribution < 1.29 is 9.53 Å². The molecule has 0 aliphatic carbocycles. The molecule has 1 unspecified atom stereocenters. The van der Waals surface area contributed by atoms with E-state index in [4.69, 9.17) is 4.74 Å². The molecule has 2 rings (SSSR count). The molecular weight excluding hydrogens is 268 g/mol. The minimum atomic E-state index is -0.369. The van der Waals surface area contributed by atoms with Gasteiger partial charge in [-0.15, -0.1) is 0 Å². The summed E-state index contributed by atoms with van der Waals surface area (Å²) in [5.74, 6) is 0.193. The fourth-order valence-electron chi connectivity index (χ4n) is 2.56. The number of likely N-dealkylation sites (tertiary alicyclic amines) is 1. The molecule has 6 nitrogen and oxygen atoms in total. The van der Waals surface area contributed by atoms with Gasteiger partial charge in [0.1, 0.15) is 0 Å². The molecule has 0 saturated carbocycles. The van der Waals surface area contributed by atoms with Crippen LogP contribution in [0.15, 0.2) is 6.20 Å². The summed E-state index contributed by atoms with van der Waals surface area (Å²) in [6.45, 7) is 9.39. The molecule has 21 heavy (non-hydrogen) atoms. The van der Waals surface area contributed by atoms with Gasteiger partial charge in [0.2, 0.25) is 5.95 Å². The number of rotatable bonds is 6. The van der Waals surface area contributed by atoms with E-state index in [0.717, 1.165) is 6.54 Å². The van der Waals surface area contributed by atoms with E-state index in [1.165, 1.54) is 32.1 Å². The number of carbonyl (C=O) groups is 1. The molecule has 1 aliphatic heterocycles. The van der Waals surface area contributed by atoms with Crippen molar-refractivity contribution in [3.63, 3.8) is 0 Å². The van der Waals surface area contributed by atoms with Crippen LogP contribution in [0, 0.1) is 6.92 Å². The van der Waals surface area contributed by atoms with Crippen LogP contribution in [0.4, 0.5) is 5.95 Å². The van der Waals surface area contributed by atoms with Crippen LogP contribution in [0.1, 0.15) is 42.7 Å². The maximum atomic E-state index is 11.7. The third kappa shape index (κ3) is 4.39. The van der Waals surface area contributed by atoms with Gasteiger partial charge in [-0.3, -0.25) is 0 Å². The first-order valence-electron chi connectivity index (χ1n) is 7.59. The Morgan fingerprint density at radius 1 is 1.48 bits per heavy atom. The van der Waals surface area contributed by atoms with Crippen LogP contribution in [0.3, 0.4) is 0 Å². The molecule has 0 spiro atoms. The van der Waals surface area contributed by atoms with Crippen molar-refractivity contribution in [1.29, 1.82) is 0 Å². The molecule has 1 N–H and O–H groups in total. The number of anilines is 1. The number of carbonyl (C=O) groups excluding carboxylic acids is 1. The largest absolute Gasteiger partial charge is 0.462 e. The highest BCUT2D eigenvalue weighted by molar-refractivity contribution is 5.90. The van der Waals surface area contributed by atoms with Gasteiger partial charge in [0.25, 0.3) is 0 Å². The Kier molecular flexibility index (Phi) is 5.50. The third-order valence-corrected chi connectivity index (χ3v) is 3.58. The number of aryl methyl sites for hydroxylation is 1. The molecule has 1 fully saturated rings. The average molecular weight is 292 g/mol. The SMILES string of the molecule is CCOC(=O)c1cnc(NC(C)CN2CCCC2)nc1C. The Labute approximate surface area is 125 Å². The Bertz CT molecular complexity index is 487. The van der Waals surface area contributed by atoms with E-state index in [9.17, 15) is 4.79 Å². The number of nitrogens with zero attached hydrogens (tertiary/aromatic N) is 3. The summed E-state index contributed by atoms with van der Waals surface area (Å²) in [6, 6.07) is 0.274. The molecule has 0 bridgehead atoms. The Balaban J connectivity index is 1.94. The van der Waals surface area contributed by atoms with Gasteiger partial charge >= 0.3 is 5.97 Å². The number of ether oxygens (including phenoxy) is 1. The molecule has 0 amide bonds. The molecule has 0 aromatic carbocycles. The van der Waals surface area contributed by atoms with E-state index in [-0.39, 0.29) is 12.0 Å². The molecule has 116 valence electrons. The molecule has 6 heteroatoms. The van der Waals surface area contributed by atoms with Gasteiger partial charge in [0.15, 0.2) is 0 Å². The number of hydrogen-bond acceptors (Lipinski definition) is 6. The van der Waals surface area contributed by atoms with Crippen molar-refractivity contribution in [3.05, 3.63) is 17.5 Å². The zero-order valence-corrected chi connectivity index (χ0v) is 13.1. The van der Waals surface area contributed by atoms with Crippen LogP contribution >= 0.6 is 0 Å². The molecular formula is C15H24N4O2. The lowest BCUT2D eigenvalue weighted by atomic mass is 10.2. The topological polar surface area (TPSA) is 67.3 Å². The summed E-state index contributed by atoms with van der Waals surface area (Å²) in [4.78, 5) is 22.7. The summed E-state index contributed by atoms with van der Waals surface area (Å²) in [5.41, 5.74) is 1.06. The van der Waals surface area contributed by atoms with Gasteiger partial charge < -0.3 is 15.0 Å². The molecule has 0 radical (unpaired) electrons. The van der Waals surface area contributed by atoms with E-state index in [1.807, 2.05) is 0 Å². The maximum absolute atomic E-state index is 11.7. The predicted molar refractivity (Wildman–Crippen MR) is 81.5 cm³/mol. The first-order valence-corrected chi connectivity index (χ1v) is 7.59. The van der Waals surface area contributed by atoms with Crippen LogP contribution in [0.5, 0.6) is 0 Å². The van der Waals surface area contributed by atoms with Crippen molar-refractivity contribution in [2.75, 3.05) is 31.6 Å². The summed E-state index contributed by atoms with van der Waals surface area (Å²) in [6.07, 6.45) is 4.11. The highest BCUT2D eigenvalue weighted by atomic mass is 16.5. The van der Waals surface area contributed by atoms with Crippen molar-refractivity contribution in [2.24, 2.45) is 0 Å². The minimum absolute atomic E-state index is 0.274. The monoisotopic (exact) mass is 292 g/mol. The Hall–Kier alpha value is -1.69. The van der Waals surface area contributed by atoms with Gasteiger partial charge in [0.05, 0.1) is 17.9 Å². The highest BCUT2D eigenvalue weighted by Crippen LogP contribution is 2.12. The summed E-state index contributed by atoms with van der Waals surface area (Å²) < 4.78 is 4.97. The third-order valence-electron chi connectivity index (χ3n) is 3.58. The first kappa shape index (κ1) is 15.7.